The normalized spacial score (nSPS) is 16.0. The highest BCUT2D eigenvalue weighted by atomic mass is 32.2. The number of primary amides is 1. The third-order valence-electron chi connectivity index (χ3n) is 19.0. The number of amides is 12. The second-order valence-corrected chi connectivity index (χ2v) is 33.5. The fourth-order valence-corrected chi connectivity index (χ4v) is 14.4. The smallest absolute Gasteiger partial charge is 0.295 e. The summed E-state index contributed by atoms with van der Waals surface area (Å²) in [5.41, 5.74) is 7.81. The van der Waals surface area contributed by atoms with E-state index in [1.165, 1.54) is 56.3 Å². The maximum absolute atomic E-state index is 14.4. The Balaban J connectivity index is 1.18. The monoisotopic (exact) mass is 1650 g/mol. The second-order valence-electron chi connectivity index (χ2n) is 30.4. The van der Waals surface area contributed by atoms with Crippen LogP contribution in [-0.2, 0) is 77.7 Å². The first-order valence-electron chi connectivity index (χ1n) is 38.4. The Labute approximate surface area is 671 Å². The van der Waals surface area contributed by atoms with Crippen LogP contribution in [0, 0.1) is 29.6 Å². The molecule has 12 atom stereocenters. The summed E-state index contributed by atoms with van der Waals surface area (Å²) in [5, 5.41) is 59.2. The largest absolute Gasteiger partial charge is 0.394 e. The number of nitrogens with one attached hydrogen (secondary N) is 12. The third-order valence-corrected chi connectivity index (χ3v) is 21.4. The molecule has 0 bridgehead atoms. The topological polar surface area (TPSA) is 535 Å². The molecule has 0 saturated carbocycles. The van der Waals surface area contributed by atoms with Crippen LogP contribution in [0.2, 0.25) is 0 Å². The van der Waals surface area contributed by atoms with Gasteiger partial charge in [-0.1, -0.05) is 99.9 Å². The molecule has 12 amide bonds. The van der Waals surface area contributed by atoms with Crippen LogP contribution in [0.1, 0.15) is 134 Å². The van der Waals surface area contributed by atoms with Crippen molar-refractivity contribution in [2.45, 2.75) is 211 Å². The summed E-state index contributed by atoms with van der Waals surface area (Å²) in [7, 11) is -5.11. The number of nitrogens with two attached hydrogens (primary N) is 1. The molecular formula is C77H115N17O19S2. The highest BCUT2D eigenvalue weighted by Crippen LogP contribution is 2.30. The molecule has 36 nitrogen and oxygen atoms in total. The van der Waals surface area contributed by atoms with Crippen molar-refractivity contribution in [3.05, 3.63) is 84.9 Å². The molecule has 4 aromatic rings. The number of azo groups is 1. The van der Waals surface area contributed by atoms with E-state index in [1.807, 2.05) is 31.1 Å². The number of carbonyl (C=O) groups excluding carboxylic acids is 12. The maximum Gasteiger partial charge on any atom is 0.295 e. The van der Waals surface area contributed by atoms with Crippen molar-refractivity contribution in [3.63, 3.8) is 0 Å². The number of carbonyl (C=O) groups is 12. The van der Waals surface area contributed by atoms with Crippen LogP contribution >= 0.6 is 0 Å². The summed E-state index contributed by atoms with van der Waals surface area (Å²) in [4.78, 5) is 169. The molecule has 38 heteroatoms. The molecule has 0 aromatic heterocycles. The molecule has 0 spiro atoms. The van der Waals surface area contributed by atoms with Gasteiger partial charge in [0.15, 0.2) is 0 Å². The Morgan fingerprint density at radius 1 is 0.530 bits per heavy atom. The minimum Gasteiger partial charge on any atom is -0.394 e. The van der Waals surface area contributed by atoms with Crippen LogP contribution in [0.5, 0.6) is 0 Å². The van der Waals surface area contributed by atoms with E-state index in [0.717, 1.165) is 10.6 Å². The quantitative estimate of drug-likeness (QED) is 0.0171. The lowest BCUT2D eigenvalue weighted by molar-refractivity contribution is -0.143. The molecule has 1 aliphatic heterocycles. The van der Waals surface area contributed by atoms with E-state index < -0.39 is 189 Å². The van der Waals surface area contributed by atoms with Crippen LogP contribution in [0.25, 0.3) is 10.8 Å². The molecule has 1 heterocycles. The molecule has 115 heavy (non-hydrogen) atoms. The molecule has 1 aliphatic rings. The van der Waals surface area contributed by atoms with E-state index in [-0.39, 0.29) is 97.5 Å². The fourth-order valence-electron chi connectivity index (χ4n) is 12.5. The van der Waals surface area contributed by atoms with Crippen LogP contribution < -0.4 is 73.8 Å². The van der Waals surface area contributed by atoms with E-state index in [1.54, 1.807) is 99.6 Å². The molecule has 1 fully saturated rings. The summed E-state index contributed by atoms with van der Waals surface area (Å²) in [6, 6.07) is 6.34. The molecule has 17 N–H and O–H groups in total. The fraction of sp³-hybridized carbons (Fsp3) is 0.558. The van der Waals surface area contributed by atoms with Gasteiger partial charge in [0.25, 0.3) is 10.1 Å². The van der Waals surface area contributed by atoms with Crippen molar-refractivity contribution in [2.24, 2.45) is 45.6 Å². The standard InChI is InChI=1S/C77H115N17O19S2/c1-15-46(10)66(89-71(102)58(38-43(4)5)84-73(104)60(40-95)86-72(103)59(39-44(6)7)92-114(109,110)52-30-26-50(27-31-52)91-90-49-24-28-51(29-25-49)93(13)14)76(107)87-61(41-96)77(108)94-36-18-22-62(94)74(105)85-57(37-42(2)3)70(101)82-47(11)67(98)83-56(32-33-64(78)97)69(100)81-48(12)68(99)88-65(45(8)9)75(106)80-35-34-79-55-21-16-20-54-53(55)19-17-23-63(54)115(111,112)113/h16-17,19-21,23-31,42-48,56-62,65-66,79,92,95-96H,15,18,22,32-41H2,1-14H3,(H2,78,97)(H,80,106)(H,81,100)(H,82,101)(H,83,98)(H,84,104)(H,85,105)(H,86,103)(H,87,107)(H,88,99)(H,89,102)(H,111,112,113)/t46-,47-,48-,56-,57-,58-,59-,60-,61-,62-,65-,66-/m0/s1. The molecule has 1 saturated heterocycles. The Kier molecular flexibility index (Phi) is 36.9. The van der Waals surface area contributed by atoms with Crippen molar-refractivity contribution < 1.29 is 89.1 Å². The number of anilines is 2. The van der Waals surface area contributed by atoms with Gasteiger partial charge >= 0.3 is 0 Å². The van der Waals surface area contributed by atoms with Gasteiger partial charge in [0.2, 0.25) is 80.9 Å². The minimum atomic E-state index is -4.52. The Morgan fingerprint density at radius 2 is 1.01 bits per heavy atom. The third kappa shape index (κ3) is 29.2. The molecule has 0 aliphatic carbocycles. The summed E-state index contributed by atoms with van der Waals surface area (Å²) in [6.07, 6.45) is -0.204. The second kappa shape index (κ2) is 44.6. The number of rotatable bonds is 45. The van der Waals surface area contributed by atoms with Crippen LogP contribution in [0.3, 0.4) is 0 Å². The van der Waals surface area contributed by atoms with E-state index in [4.69, 9.17) is 5.73 Å². The van der Waals surface area contributed by atoms with Gasteiger partial charge in [-0.2, -0.15) is 23.4 Å². The number of aliphatic hydroxyl groups excluding tert-OH is 2. The average molecular weight is 1650 g/mol. The van der Waals surface area contributed by atoms with Gasteiger partial charge in [0, 0.05) is 62.3 Å². The van der Waals surface area contributed by atoms with Gasteiger partial charge in [-0.3, -0.25) is 62.1 Å². The zero-order valence-electron chi connectivity index (χ0n) is 67.6. The number of likely N-dealkylation sites (tertiary alicyclic amines) is 1. The van der Waals surface area contributed by atoms with Gasteiger partial charge < -0.3 is 84.2 Å². The van der Waals surface area contributed by atoms with Crippen molar-refractivity contribution in [2.75, 3.05) is 57.2 Å². The average Bonchev–Trinajstić information content (AvgIpc) is 1.30. The highest BCUT2D eigenvalue weighted by Gasteiger charge is 2.42. The number of hydrogen-bond donors (Lipinski definition) is 16. The van der Waals surface area contributed by atoms with Crippen molar-refractivity contribution in [1.82, 2.24) is 62.8 Å². The van der Waals surface area contributed by atoms with Gasteiger partial charge in [-0.25, -0.2) is 8.42 Å². The van der Waals surface area contributed by atoms with Gasteiger partial charge in [-0.05, 0) is 143 Å². The molecule has 0 unspecified atom stereocenters. The van der Waals surface area contributed by atoms with Crippen LogP contribution in [0.4, 0.5) is 22.7 Å². The molecule has 0 radical (unpaired) electrons. The van der Waals surface area contributed by atoms with Gasteiger partial charge in [0.1, 0.15) is 71.4 Å². The summed E-state index contributed by atoms with van der Waals surface area (Å²) >= 11 is 0. The number of hydrogen-bond acceptors (Lipinski definition) is 22. The predicted octanol–water partition coefficient (Wildman–Crippen LogP) is 1.93. The van der Waals surface area contributed by atoms with Gasteiger partial charge in [-0.15, -0.1) is 0 Å². The van der Waals surface area contributed by atoms with Crippen LogP contribution in [-0.4, -0.2) is 221 Å². The van der Waals surface area contributed by atoms with E-state index in [2.05, 4.69) is 73.4 Å². The zero-order valence-corrected chi connectivity index (χ0v) is 69.2. The lowest BCUT2D eigenvalue weighted by Crippen LogP contribution is -2.62. The minimum absolute atomic E-state index is 0.00855. The lowest BCUT2D eigenvalue weighted by atomic mass is 9.96. The molecule has 4 aromatic carbocycles. The first-order valence-corrected chi connectivity index (χ1v) is 41.3. The van der Waals surface area contributed by atoms with E-state index >= 15 is 0 Å². The van der Waals surface area contributed by atoms with Crippen molar-refractivity contribution in [1.29, 1.82) is 0 Å². The van der Waals surface area contributed by atoms with Crippen LogP contribution in [0.15, 0.2) is 105 Å². The Bertz CT molecular complexity index is 4320. The summed E-state index contributed by atoms with van der Waals surface area (Å²) < 4.78 is 63.6. The zero-order chi connectivity index (χ0) is 85.9. The number of sulfonamides is 1. The summed E-state index contributed by atoms with van der Waals surface area (Å²) in [6.45, 7) is 18.0. The van der Waals surface area contributed by atoms with Crippen molar-refractivity contribution >= 4 is 125 Å². The molecule has 634 valence electrons. The highest BCUT2D eigenvalue weighted by molar-refractivity contribution is 7.89. The lowest BCUT2D eigenvalue weighted by Gasteiger charge is -2.31. The number of benzene rings is 4. The van der Waals surface area contributed by atoms with E-state index in [9.17, 15) is 89.1 Å². The first kappa shape index (κ1) is 95.3. The number of fused-ring (bicyclic) bond motifs is 1. The molecular weight excluding hydrogens is 1530 g/mol. The number of aliphatic hydroxyl groups is 2. The SMILES string of the molecule is CC[C@H](C)[C@H](NC(=O)[C@H](CC(C)C)NC(=O)[C@H](CO)NC(=O)[C@H](CC(C)C)NS(=O)(=O)c1ccc(N=Nc2ccc(N(C)C)cc2)cc1)C(=O)N[C@@H](CO)C(=O)N1CCC[C@H]1C(=O)N[C@@H](CC(C)C)C(=O)N[C@@H](C)C(=O)N[C@@H](CCC(N)=O)C(=O)N[C@@H](C)C(=O)N[C@H](C(=O)NCCNc1cccc2c(S(=O)(=O)O)cccc12)C(C)C. The predicted molar refractivity (Wildman–Crippen MR) is 429 cm³/mol. The first-order chi connectivity index (χ1) is 54.0. The van der Waals surface area contributed by atoms with Crippen molar-refractivity contribution in [3.8, 4) is 0 Å². The summed E-state index contributed by atoms with van der Waals surface area (Å²) in [5.74, 6) is -12.3. The molecule has 5 rings (SSSR count). The Morgan fingerprint density at radius 3 is 1.55 bits per heavy atom. The van der Waals surface area contributed by atoms with E-state index in [0.29, 0.717) is 22.4 Å². The van der Waals surface area contributed by atoms with Gasteiger partial charge in [0.05, 0.1) is 29.5 Å². The maximum atomic E-state index is 14.4. The number of nitrogens with zero attached hydrogens (tertiary/aromatic N) is 4. The Hall–Kier alpha value is -10.3.